The third kappa shape index (κ3) is 2.21. The van der Waals surface area contributed by atoms with Gasteiger partial charge in [0.05, 0.1) is 18.4 Å². The quantitative estimate of drug-likeness (QED) is 0.669. The summed E-state index contributed by atoms with van der Waals surface area (Å²) in [6, 6.07) is 29.7. The lowest BCUT2D eigenvalue weighted by Crippen LogP contribution is -2.38. The van der Waals surface area contributed by atoms with Crippen LogP contribution in [0.1, 0.15) is 16.7 Å². The van der Waals surface area contributed by atoms with Gasteiger partial charge in [0, 0.05) is 5.41 Å². The van der Waals surface area contributed by atoms with E-state index >= 15 is 0 Å². The highest BCUT2D eigenvalue weighted by Crippen LogP contribution is 2.68. The van der Waals surface area contributed by atoms with Crippen LogP contribution in [-0.2, 0) is 21.5 Å². The SMILES string of the molecule is O=C1[C@@H]2[C@H](C(=O)N1Cc1ccccc1)C2(c1ccccc1)c1ccccc1. The highest BCUT2D eigenvalue weighted by atomic mass is 16.2. The largest absolute Gasteiger partial charge is 0.278 e. The summed E-state index contributed by atoms with van der Waals surface area (Å²) in [6.45, 7) is 0.352. The molecule has 0 bridgehead atoms. The maximum Gasteiger partial charge on any atom is 0.234 e. The fourth-order valence-corrected chi connectivity index (χ4v) is 4.74. The van der Waals surface area contributed by atoms with E-state index in [0.717, 1.165) is 16.7 Å². The highest BCUT2D eigenvalue weighted by molar-refractivity contribution is 6.12. The van der Waals surface area contributed by atoms with Crippen molar-refractivity contribution in [1.82, 2.24) is 4.90 Å². The van der Waals surface area contributed by atoms with Crippen LogP contribution in [0, 0.1) is 11.8 Å². The lowest BCUT2D eigenvalue weighted by atomic mass is 9.83. The number of likely N-dealkylation sites (tertiary alicyclic amines) is 1. The van der Waals surface area contributed by atoms with Crippen LogP contribution in [0.3, 0.4) is 0 Å². The van der Waals surface area contributed by atoms with Gasteiger partial charge in [-0.05, 0) is 16.7 Å². The van der Waals surface area contributed by atoms with E-state index in [1.165, 1.54) is 4.90 Å². The van der Waals surface area contributed by atoms with Gasteiger partial charge in [-0.25, -0.2) is 0 Å². The number of nitrogens with zero attached hydrogens (tertiary/aromatic N) is 1. The molecule has 1 saturated carbocycles. The Morgan fingerprint density at radius 3 is 1.48 bits per heavy atom. The predicted molar refractivity (Wildman–Crippen MR) is 103 cm³/mol. The number of carbonyl (C=O) groups excluding carboxylic acids is 2. The van der Waals surface area contributed by atoms with Crippen LogP contribution in [0.4, 0.5) is 0 Å². The van der Waals surface area contributed by atoms with Crippen molar-refractivity contribution in [2.75, 3.05) is 0 Å². The Hall–Kier alpha value is -3.20. The molecule has 5 rings (SSSR count). The number of carbonyl (C=O) groups is 2. The number of hydrogen-bond donors (Lipinski definition) is 0. The van der Waals surface area contributed by atoms with Gasteiger partial charge in [0.2, 0.25) is 11.8 Å². The minimum absolute atomic E-state index is 0.0541. The first-order chi connectivity index (χ1) is 13.2. The number of fused-ring (bicyclic) bond motifs is 1. The molecule has 0 aromatic heterocycles. The minimum Gasteiger partial charge on any atom is -0.278 e. The lowest BCUT2D eigenvalue weighted by molar-refractivity contribution is -0.142. The topological polar surface area (TPSA) is 37.4 Å². The molecule has 3 nitrogen and oxygen atoms in total. The fraction of sp³-hybridized carbons (Fsp3) is 0.167. The zero-order valence-electron chi connectivity index (χ0n) is 14.8. The number of rotatable bonds is 4. The molecule has 0 spiro atoms. The molecule has 2 aliphatic rings. The summed E-state index contributed by atoms with van der Waals surface area (Å²) in [6.07, 6.45) is 0. The van der Waals surface area contributed by atoms with Gasteiger partial charge in [-0.3, -0.25) is 14.5 Å². The number of benzene rings is 3. The second-order valence-electron chi connectivity index (χ2n) is 7.30. The van der Waals surface area contributed by atoms with Crippen LogP contribution in [0.5, 0.6) is 0 Å². The van der Waals surface area contributed by atoms with E-state index in [0.29, 0.717) is 6.54 Å². The van der Waals surface area contributed by atoms with Gasteiger partial charge in [0.25, 0.3) is 0 Å². The van der Waals surface area contributed by atoms with Gasteiger partial charge in [-0.2, -0.15) is 0 Å². The molecule has 27 heavy (non-hydrogen) atoms. The molecule has 1 aliphatic carbocycles. The molecule has 2 atom stereocenters. The van der Waals surface area contributed by atoms with Crippen LogP contribution in [0.25, 0.3) is 0 Å². The third-order valence-electron chi connectivity index (χ3n) is 5.96. The molecule has 132 valence electrons. The molecule has 3 aromatic carbocycles. The number of hydrogen-bond acceptors (Lipinski definition) is 2. The zero-order valence-corrected chi connectivity index (χ0v) is 14.8. The molecule has 0 unspecified atom stereocenters. The summed E-state index contributed by atoms with van der Waals surface area (Å²) in [5.41, 5.74) is 2.55. The molecular formula is C24H19NO2. The monoisotopic (exact) mass is 353 g/mol. The van der Waals surface area contributed by atoms with Crippen molar-refractivity contribution >= 4 is 11.8 Å². The first-order valence-electron chi connectivity index (χ1n) is 9.25. The van der Waals surface area contributed by atoms with Gasteiger partial charge >= 0.3 is 0 Å². The molecule has 0 N–H and O–H groups in total. The van der Waals surface area contributed by atoms with Crippen molar-refractivity contribution in [2.24, 2.45) is 11.8 Å². The second kappa shape index (κ2) is 5.92. The van der Waals surface area contributed by atoms with Crippen molar-refractivity contribution in [3.63, 3.8) is 0 Å². The number of piperidine rings is 1. The van der Waals surface area contributed by atoms with E-state index in [2.05, 4.69) is 0 Å². The van der Waals surface area contributed by atoms with Gasteiger partial charge in [0.15, 0.2) is 0 Å². The van der Waals surface area contributed by atoms with Crippen LogP contribution < -0.4 is 0 Å². The van der Waals surface area contributed by atoms with E-state index in [1.807, 2.05) is 91.0 Å². The van der Waals surface area contributed by atoms with E-state index < -0.39 is 5.41 Å². The summed E-state index contributed by atoms with van der Waals surface area (Å²) >= 11 is 0. The Morgan fingerprint density at radius 2 is 1.04 bits per heavy atom. The molecular weight excluding hydrogens is 334 g/mol. The van der Waals surface area contributed by atoms with Gasteiger partial charge in [-0.15, -0.1) is 0 Å². The van der Waals surface area contributed by atoms with E-state index in [-0.39, 0.29) is 23.7 Å². The summed E-state index contributed by atoms with van der Waals surface area (Å²) in [5, 5.41) is 0. The Balaban J connectivity index is 1.55. The van der Waals surface area contributed by atoms with Crippen molar-refractivity contribution in [2.45, 2.75) is 12.0 Å². The molecule has 3 heteroatoms. The minimum atomic E-state index is -0.524. The number of amides is 2. The average Bonchev–Trinajstić information content (AvgIpc) is 3.38. The Morgan fingerprint density at radius 1 is 0.630 bits per heavy atom. The molecule has 0 radical (unpaired) electrons. The van der Waals surface area contributed by atoms with E-state index in [4.69, 9.17) is 0 Å². The second-order valence-corrected chi connectivity index (χ2v) is 7.30. The van der Waals surface area contributed by atoms with E-state index in [9.17, 15) is 9.59 Å². The first kappa shape index (κ1) is 16.0. The normalized spacial score (nSPS) is 22.6. The van der Waals surface area contributed by atoms with E-state index in [1.54, 1.807) is 0 Å². The van der Waals surface area contributed by atoms with Crippen LogP contribution >= 0.6 is 0 Å². The van der Waals surface area contributed by atoms with Crippen LogP contribution in [0.15, 0.2) is 91.0 Å². The van der Waals surface area contributed by atoms with Gasteiger partial charge in [-0.1, -0.05) is 91.0 Å². The van der Waals surface area contributed by atoms with Crippen molar-refractivity contribution < 1.29 is 9.59 Å². The van der Waals surface area contributed by atoms with Gasteiger partial charge in [0.1, 0.15) is 0 Å². The summed E-state index contributed by atoms with van der Waals surface area (Å²) in [4.78, 5) is 27.9. The fourth-order valence-electron chi connectivity index (χ4n) is 4.74. The molecule has 2 fully saturated rings. The lowest BCUT2D eigenvalue weighted by Gasteiger charge is -2.26. The van der Waals surface area contributed by atoms with Crippen LogP contribution in [-0.4, -0.2) is 16.7 Å². The number of imide groups is 1. The summed E-state index contributed by atoms with van der Waals surface area (Å²) in [7, 11) is 0. The maximum absolute atomic E-state index is 13.2. The molecule has 2 amide bonds. The Bertz CT molecular complexity index is 935. The Kier molecular flexibility index (Phi) is 3.51. The standard InChI is InChI=1S/C24H19NO2/c26-22-20-21(23(27)25(22)16-17-10-4-1-5-11-17)24(20,18-12-6-2-7-13-18)19-14-8-3-9-15-19/h1-15,20-21H,16H2/t20-,21+. The average molecular weight is 353 g/mol. The van der Waals surface area contributed by atoms with Gasteiger partial charge < -0.3 is 0 Å². The first-order valence-corrected chi connectivity index (χ1v) is 9.25. The Labute approximate surface area is 158 Å². The highest BCUT2D eigenvalue weighted by Gasteiger charge is 2.78. The summed E-state index contributed by atoms with van der Waals surface area (Å²) in [5.74, 6) is -0.722. The third-order valence-corrected chi connectivity index (χ3v) is 5.96. The van der Waals surface area contributed by atoms with Crippen LogP contribution in [0.2, 0.25) is 0 Å². The maximum atomic E-state index is 13.2. The summed E-state index contributed by atoms with van der Waals surface area (Å²) < 4.78 is 0. The van der Waals surface area contributed by atoms with Crippen molar-refractivity contribution in [3.8, 4) is 0 Å². The predicted octanol–water partition coefficient (Wildman–Crippen LogP) is 3.79. The molecule has 3 aromatic rings. The van der Waals surface area contributed by atoms with Crippen molar-refractivity contribution in [1.29, 1.82) is 0 Å². The van der Waals surface area contributed by atoms with Crippen molar-refractivity contribution in [3.05, 3.63) is 108 Å². The molecule has 1 saturated heterocycles. The smallest absolute Gasteiger partial charge is 0.234 e. The molecule has 1 heterocycles. The zero-order chi connectivity index (χ0) is 18.4. The molecule has 1 aliphatic heterocycles.